The molecule has 4 heteroatoms. The number of hydrogen-bond donors (Lipinski definition) is 0. The summed E-state index contributed by atoms with van der Waals surface area (Å²) < 4.78 is 5.20. The van der Waals surface area contributed by atoms with Crippen LogP contribution in [-0.4, -0.2) is 16.8 Å². The van der Waals surface area contributed by atoms with Gasteiger partial charge in [0, 0.05) is 0 Å². The Labute approximate surface area is 76.5 Å². The van der Waals surface area contributed by atoms with Crippen molar-refractivity contribution in [2.24, 2.45) is 0 Å². The van der Waals surface area contributed by atoms with Gasteiger partial charge in [-0.25, -0.2) is 0 Å². The quantitative estimate of drug-likeness (QED) is 0.511. The molecule has 0 aliphatic rings. The van der Waals surface area contributed by atoms with Crippen molar-refractivity contribution in [1.82, 2.24) is 10.2 Å². The van der Waals surface area contributed by atoms with Crippen LogP contribution < -0.4 is 4.74 Å². The minimum Gasteiger partial charge on any atom is -0.475 e. The van der Waals surface area contributed by atoms with E-state index < -0.39 is 0 Å². The van der Waals surface area contributed by atoms with Gasteiger partial charge in [-0.15, -0.1) is 11.7 Å². The van der Waals surface area contributed by atoms with Crippen molar-refractivity contribution < 1.29 is 4.74 Å². The van der Waals surface area contributed by atoms with Crippen LogP contribution in [0.2, 0.25) is 0 Å². The third-order valence-electron chi connectivity index (χ3n) is 1.37. The van der Waals surface area contributed by atoms with E-state index in [1.165, 1.54) is 6.20 Å². The Bertz CT molecular complexity index is 330. The number of hydrogen-bond acceptors (Lipinski definition) is 4. The predicted molar refractivity (Wildman–Crippen MR) is 47.1 cm³/mol. The summed E-state index contributed by atoms with van der Waals surface area (Å²) in [7, 11) is 0. The van der Waals surface area contributed by atoms with E-state index in [-0.39, 0.29) is 5.88 Å². The third-order valence-corrected chi connectivity index (χ3v) is 1.37. The average molecular weight is 175 g/mol. The van der Waals surface area contributed by atoms with Gasteiger partial charge in [-0.2, -0.15) is 10.4 Å². The second-order valence-corrected chi connectivity index (χ2v) is 2.29. The lowest BCUT2D eigenvalue weighted by molar-refractivity contribution is 0.307. The zero-order valence-electron chi connectivity index (χ0n) is 7.10. The summed E-state index contributed by atoms with van der Waals surface area (Å²) >= 11 is 0. The first-order valence-electron chi connectivity index (χ1n) is 3.84. The fraction of sp³-hybridized carbons (Fsp3) is 0.222. The minimum absolute atomic E-state index is 0.284. The molecule has 0 saturated heterocycles. The van der Waals surface area contributed by atoms with Crippen molar-refractivity contribution in [2.75, 3.05) is 6.61 Å². The molecular weight excluding hydrogens is 166 g/mol. The number of rotatable bonds is 4. The maximum absolute atomic E-state index is 8.66. The summed E-state index contributed by atoms with van der Waals surface area (Å²) in [6.45, 7) is 4.02. The van der Waals surface area contributed by atoms with E-state index in [0.29, 0.717) is 12.2 Å². The molecule has 0 bridgehead atoms. The molecule has 1 rings (SSSR count). The van der Waals surface area contributed by atoms with E-state index in [1.54, 1.807) is 12.1 Å². The molecule has 0 N–H and O–H groups in total. The zero-order chi connectivity index (χ0) is 9.52. The van der Waals surface area contributed by atoms with Crippen LogP contribution in [-0.2, 0) is 0 Å². The number of nitriles is 1. The standard InChI is InChI=1S/C9H9N3O/c1-2-3-6-13-9-8(7-10)4-5-11-12-9/h2,4-5H,1,3,6H2. The second kappa shape index (κ2) is 4.88. The molecule has 4 nitrogen and oxygen atoms in total. The maximum atomic E-state index is 8.66. The van der Waals surface area contributed by atoms with Crippen LogP contribution in [0, 0.1) is 11.3 Å². The van der Waals surface area contributed by atoms with Crippen LogP contribution in [0.25, 0.3) is 0 Å². The van der Waals surface area contributed by atoms with E-state index >= 15 is 0 Å². The average Bonchev–Trinajstić information content (AvgIpc) is 2.19. The topological polar surface area (TPSA) is 58.8 Å². The van der Waals surface area contributed by atoms with Crippen LogP contribution >= 0.6 is 0 Å². The Hall–Kier alpha value is -1.89. The van der Waals surface area contributed by atoms with E-state index in [0.717, 1.165) is 6.42 Å². The van der Waals surface area contributed by atoms with E-state index in [9.17, 15) is 0 Å². The minimum atomic E-state index is 0.284. The van der Waals surface area contributed by atoms with Gasteiger partial charge in [-0.3, -0.25) is 0 Å². The van der Waals surface area contributed by atoms with Crippen LogP contribution in [0.5, 0.6) is 5.88 Å². The molecular formula is C9H9N3O. The second-order valence-electron chi connectivity index (χ2n) is 2.29. The van der Waals surface area contributed by atoms with Gasteiger partial charge < -0.3 is 4.74 Å². The molecule has 0 amide bonds. The van der Waals surface area contributed by atoms with Crippen LogP contribution in [0.3, 0.4) is 0 Å². The number of nitrogens with zero attached hydrogens (tertiary/aromatic N) is 3. The van der Waals surface area contributed by atoms with Crippen molar-refractivity contribution in [3.05, 3.63) is 30.5 Å². The molecule has 0 aromatic carbocycles. The maximum Gasteiger partial charge on any atom is 0.251 e. The van der Waals surface area contributed by atoms with Crippen molar-refractivity contribution in [3.63, 3.8) is 0 Å². The normalized spacial score (nSPS) is 8.85. The molecule has 1 heterocycles. The predicted octanol–water partition coefficient (Wildman–Crippen LogP) is 1.30. The molecule has 0 aliphatic carbocycles. The highest BCUT2D eigenvalue weighted by Crippen LogP contribution is 2.10. The van der Waals surface area contributed by atoms with Crippen molar-refractivity contribution in [3.8, 4) is 11.9 Å². The molecule has 0 spiro atoms. The molecule has 1 aromatic heterocycles. The lowest BCUT2D eigenvalue weighted by Gasteiger charge is -2.02. The zero-order valence-corrected chi connectivity index (χ0v) is 7.10. The Morgan fingerprint density at radius 1 is 1.69 bits per heavy atom. The third kappa shape index (κ3) is 2.56. The SMILES string of the molecule is C=CCCOc1nnccc1C#N. The van der Waals surface area contributed by atoms with Crippen molar-refractivity contribution in [2.45, 2.75) is 6.42 Å². The highest BCUT2D eigenvalue weighted by molar-refractivity contribution is 5.35. The molecule has 0 aliphatic heterocycles. The number of aromatic nitrogens is 2. The molecule has 13 heavy (non-hydrogen) atoms. The molecule has 0 atom stereocenters. The monoisotopic (exact) mass is 175 g/mol. The van der Waals surface area contributed by atoms with Gasteiger partial charge in [0.1, 0.15) is 11.6 Å². The fourth-order valence-corrected chi connectivity index (χ4v) is 0.749. The first-order valence-corrected chi connectivity index (χ1v) is 3.84. The van der Waals surface area contributed by atoms with Crippen LogP contribution in [0.4, 0.5) is 0 Å². The fourth-order valence-electron chi connectivity index (χ4n) is 0.749. The summed E-state index contributed by atoms with van der Waals surface area (Å²) in [6, 6.07) is 3.53. The van der Waals surface area contributed by atoms with Crippen molar-refractivity contribution >= 4 is 0 Å². The van der Waals surface area contributed by atoms with E-state index in [1.807, 2.05) is 6.07 Å². The summed E-state index contributed by atoms with van der Waals surface area (Å²) in [4.78, 5) is 0. The molecule has 1 aromatic rings. The highest BCUT2D eigenvalue weighted by Gasteiger charge is 2.02. The summed E-state index contributed by atoms with van der Waals surface area (Å²) in [5.41, 5.74) is 0.402. The van der Waals surface area contributed by atoms with Crippen LogP contribution in [0.15, 0.2) is 24.9 Å². The van der Waals surface area contributed by atoms with Crippen LogP contribution in [0.1, 0.15) is 12.0 Å². The van der Waals surface area contributed by atoms with E-state index in [2.05, 4.69) is 16.8 Å². The lowest BCUT2D eigenvalue weighted by Crippen LogP contribution is -2.00. The van der Waals surface area contributed by atoms with Gasteiger partial charge in [0.15, 0.2) is 0 Å². The van der Waals surface area contributed by atoms with Gasteiger partial charge in [0.05, 0.1) is 12.8 Å². The molecule has 0 fully saturated rings. The number of ether oxygens (including phenoxy) is 1. The molecule has 0 radical (unpaired) electrons. The Morgan fingerprint density at radius 3 is 3.23 bits per heavy atom. The first-order chi connectivity index (χ1) is 6.38. The lowest BCUT2D eigenvalue weighted by atomic mass is 10.3. The van der Waals surface area contributed by atoms with Gasteiger partial charge in [-0.1, -0.05) is 6.08 Å². The van der Waals surface area contributed by atoms with Gasteiger partial charge in [0.25, 0.3) is 5.88 Å². The Balaban J connectivity index is 2.65. The largest absolute Gasteiger partial charge is 0.475 e. The molecule has 0 unspecified atom stereocenters. The molecule has 66 valence electrons. The van der Waals surface area contributed by atoms with Gasteiger partial charge in [0.2, 0.25) is 0 Å². The summed E-state index contributed by atoms with van der Waals surface area (Å²) in [5.74, 6) is 0.284. The van der Waals surface area contributed by atoms with Crippen molar-refractivity contribution in [1.29, 1.82) is 5.26 Å². The highest BCUT2D eigenvalue weighted by atomic mass is 16.5. The summed E-state index contributed by atoms with van der Waals surface area (Å²) in [6.07, 6.45) is 3.92. The Kier molecular flexibility index (Phi) is 3.45. The van der Waals surface area contributed by atoms with Gasteiger partial charge >= 0.3 is 0 Å². The van der Waals surface area contributed by atoms with Gasteiger partial charge in [-0.05, 0) is 12.5 Å². The summed E-state index contributed by atoms with van der Waals surface area (Å²) in [5, 5.41) is 16.0. The first kappa shape index (κ1) is 9.20. The van der Waals surface area contributed by atoms with E-state index in [4.69, 9.17) is 10.00 Å². The Morgan fingerprint density at radius 2 is 2.54 bits per heavy atom. The molecule has 0 saturated carbocycles. The smallest absolute Gasteiger partial charge is 0.251 e.